The third-order valence-corrected chi connectivity index (χ3v) is 7.07. The highest BCUT2D eigenvalue weighted by atomic mass is 32.1. The summed E-state index contributed by atoms with van der Waals surface area (Å²) in [5.41, 5.74) is 2.06. The van der Waals surface area contributed by atoms with Gasteiger partial charge in [-0.3, -0.25) is 23.5 Å². The maximum Gasteiger partial charge on any atom is 0.272 e. The fourth-order valence-electron chi connectivity index (χ4n) is 4.42. The number of benzene rings is 1. The normalized spacial score (nSPS) is 15.5. The van der Waals surface area contributed by atoms with E-state index in [0.29, 0.717) is 29.1 Å². The van der Waals surface area contributed by atoms with Crippen molar-refractivity contribution in [1.29, 1.82) is 0 Å². The van der Waals surface area contributed by atoms with Crippen molar-refractivity contribution < 1.29 is 4.79 Å². The largest absolute Gasteiger partial charge is 0.353 e. The van der Waals surface area contributed by atoms with Crippen molar-refractivity contribution >= 4 is 33.2 Å². The lowest BCUT2D eigenvalue weighted by Crippen LogP contribution is -2.44. The zero-order valence-corrected chi connectivity index (χ0v) is 18.8. The van der Waals surface area contributed by atoms with E-state index in [9.17, 15) is 9.59 Å². The maximum absolute atomic E-state index is 12.6. The zero-order valence-electron chi connectivity index (χ0n) is 18.0. The Balaban J connectivity index is 1.18. The number of carbonyl (C=O) groups excluding carboxylic acids is 1. The molecule has 3 aromatic heterocycles. The highest BCUT2D eigenvalue weighted by molar-refractivity contribution is 7.17. The number of piperidine rings is 1. The van der Waals surface area contributed by atoms with Gasteiger partial charge in [0.25, 0.3) is 5.56 Å². The quantitative estimate of drug-likeness (QED) is 0.488. The van der Waals surface area contributed by atoms with Gasteiger partial charge >= 0.3 is 0 Å². The Morgan fingerprint density at radius 2 is 1.94 bits per heavy atom. The minimum absolute atomic E-state index is 0.0367. The molecule has 1 aliphatic heterocycles. The molecule has 32 heavy (non-hydrogen) atoms. The van der Waals surface area contributed by atoms with Gasteiger partial charge in [-0.2, -0.15) is 0 Å². The molecule has 0 aliphatic carbocycles. The van der Waals surface area contributed by atoms with Crippen LogP contribution in [0.2, 0.25) is 0 Å². The average molecular weight is 451 g/mol. The van der Waals surface area contributed by atoms with Crippen LogP contribution in [0.3, 0.4) is 0 Å². The topological polar surface area (TPSA) is 84.5 Å². The molecule has 1 saturated heterocycles. The molecule has 1 N–H and O–H groups in total. The monoisotopic (exact) mass is 450 g/mol. The van der Waals surface area contributed by atoms with Crippen LogP contribution in [0.4, 0.5) is 0 Å². The zero-order chi connectivity index (χ0) is 22.1. The Bertz CT molecular complexity index is 1300. The molecule has 0 spiro atoms. The molecule has 4 heterocycles. The summed E-state index contributed by atoms with van der Waals surface area (Å²) >= 11 is 1.41. The van der Waals surface area contributed by atoms with Gasteiger partial charge in [0.15, 0.2) is 0 Å². The van der Waals surface area contributed by atoms with Crippen molar-refractivity contribution in [1.82, 2.24) is 29.4 Å². The first-order valence-corrected chi connectivity index (χ1v) is 11.8. The number of amides is 1. The van der Waals surface area contributed by atoms with Gasteiger partial charge in [0.05, 0.1) is 5.52 Å². The van der Waals surface area contributed by atoms with Crippen molar-refractivity contribution in [3.8, 4) is 0 Å². The molecule has 0 saturated carbocycles. The number of carbonyl (C=O) groups is 1. The predicted molar refractivity (Wildman–Crippen MR) is 125 cm³/mol. The standard InChI is InChI=1S/C23H26N6O2S/c1-27-22(31)21-18(11-14-32-21)29-19(25-26-23(27)29)7-8-20(30)24-17-9-12-28(13-10-17)15-16-5-3-2-4-6-16/h2-6,11,14,17H,7-10,12-13,15H2,1H3,(H,24,30). The van der Waals surface area contributed by atoms with Crippen LogP contribution in [-0.4, -0.2) is 49.1 Å². The van der Waals surface area contributed by atoms with Gasteiger partial charge in [0, 0.05) is 45.6 Å². The van der Waals surface area contributed by atoms with E-state index < -0.39 is 0 Å². The maximum atomic E-state index is 12.6. The van der Waals surface area contributed by atoms with Gasteiger partial charge in [-0.15, -0.1) is 21.5 Å². The molecule has 4 aromatic rings. The highest BCUT2D eigenvalue weighted by Crippen LogP contribution is 2.20. The SMILES string of the molecule is Cn1c(=O)c2sccc2n2c(CCC(=O)NC3CCN(Cc4ccccc4)CC3)nnc12. The van der Waals surface area contributed by atoms with Crippen molar-refractivity contribution in [2.24, 2.45) is 7.05 Å². The fraction of sp³-hybridized carbons (Fsp3) is 0.391. The van der Waals surface area contributed by atoms with Gasteiger partial charge in [-0.1, -0.05) is 30.3 Å². The van der Waals surface area contributed by atoms with Crippen LogP contribution in [0.5, 0.6) is 0 Å². The second-order valence-electron chi connectivity index (χ2n) is 8.35. The summed E-state index contributed by atoms with van der Waals surface area (Å²) in [7, 11) is 1.70. The van der Waals surface area contributed by atoms with Crippen LogP contribution in [0.15, 0.2) is 46.6 Å². The van der Waals surface area contributed by atoms with Crippen molar-refractivity contribution in [3.05, 3.63) is 63.5 Å². The Morgan fingerprint density at radius 1 is 1.16 bits per heavy atom. The fourth-order valence-corrected chi connectivity index (χ4v) is 5.27. The molecule has 0 atom stereocenters. The summed E-state index contributed by atoms with van der Waals surface area (Å²) in [6.45, 7) is 2.93. The molecule has 1 amide bonds. The molecule has 0 radical (unpaired) electrons. The predicted octanol–water partition coefficient (Wildman–Crippen LogP) is 2.36. The van der Waals surface area contributed by atoms with Crippen molar-refractivity contribution in [2.75, 3.05) is 13.1 Å². The molecule has 9 heteroatoms. The molecule has 5 rings (SSSR count). The Morgan fingerprint density at radius 3 is 2.72 bits per heavy atom. The second-order valence-corrected chi connectivity index (χ2v) is 9.27. The molecule has 166 valence electrons. The van der Waals surface area contributed by atoms with Crippen LogP contribution in [0, 0.1) is 0 Å². The number of likely N-dealkylation sites (tertiary alicyclic amines) is 1. The number of aryl methyl sites for hydroxylation is 2. The highest BCUT2D eigenvalue weighted by Gasteiger charge is 2.21. The van der Waals surface area contributed by atoms with Gasteiger partial charge < -0.3 is 5.32 Å². The van der Waals surface area contributed by atoms with Crippen LogP contribution >= 0.6 is 11.3 Å². The number of hydrogen-bond acceptors (Lipinski definition) is 6. The smallest absolute Gasteiger partial charge is 0.272 e. The van der Waals surface area contributed by atoms with Gasteiger partial charge in [0.1, 0.15) is 10.5 Å². The average Bonchev–Trinajstić information content (AvgIpc) is 3.45. The van der Waals surface area contributed by atoms with Crippen molar-refractivity contribution in [3.63, 3.8) is 0 Å². The lowest BCUT2D eigenvalue weighted by molar-refractivity contribution is -0.122. The summed E-state index contributed by atoms with van der Waals surface area (Å²) in [6, 6.07) is 12.6. The number of nitrogens with zero attached hydrogens (tertiary/aromatic N) is 5. The third kappa shape index (κ3) is 4.05. The van der Waals surface area contributed by atoms with Crippen LogP contribution < -0.4 is 10.9 Å². The van der Waals surface area contributed by atoms with E-state index >= 15 is 0 Å². The first-order valence-electron chi connectivity index (χ1n) is 11.0. The number of hydrogen-bond donors (Lipinski definition) is 1. The molecule has 8 nitrogen and oxygen atoms in total. The van der Waals surface area contributed by atoms with E-state index in [-0.39, 0.29) is 17.5 Å². The molecular weight excluding hydrogens is 424 g/mol. The number of fused-ring (bicyclic) bond motifs is 3. The summed E-state index contributed by atoms with van der Waals surface area (Å²) in [6.07, 6.45) is 2.75. The molecular formula is C23H26N6O2S. The summed E-state index contributed by atoms with van der Waals surface area (Å²) in [5.74, 6) is 1.24. The lowest BCUT2D eigenvalue weighted by Gasteiger charge is -2.32. The van der Waals surface area contributed by atoms with E-state index in [1.54, 1.807) is 7.05 Å². The van der Waals surface area contributed by atoms with E-state index in [2.05, 4.69) is 44.7 Å². The first kappa shape index (κ1) is 20.8. The molecule has 0 unspecified atom stereocenters. The Kier molecular flexibility index (Phi) is 5.75. The number of nitrogens with one attached hydrogen (secondary N) is 1. The van der Waals surface area contributed by atoms with E-state index in [0.717, 1.165) is 38.0 Å². The number of rotatable bonds is 6. The van der Waals surface area contributed by atoms with Crippen LogP contribution in [-0.2, 0) is 24.8 Å². The van der Waals surface area contributed by atoms with E-state index in [1.807, 2.05) is 21.9 Å². The first-order chi connectivity index (χ1) is 15.6. The van der Waals surface area contributed by atoms with Crippen molar-refractivity contribution in [2.45, 2.75) is 38.3 Å². The van der Waals surface area contributed by atoms with E-state index in [4.69, 9.17) is 0 Å². The summed E-state index contributed by atoms with van der Waals surface area (Å²) in [5, 5.41) is 13.5. The van der Waals surface area contributed by atoms with Crippen LogP contribution in [0.1, 0.15) is 30.7 Å². The lowest BCUT2D eigenvalue weighted by atomic mass is 10.0. The Hall–Kier alpha value is -3.04. The molecule has 1 fully saturated rings. The van der Waals surface area contributed by atoms with E-state index in [1.165, 1.54) is 21.5 Å². The second kappa shape index (κ2) is 8.84. The van der Waals surface area contributed by atoms with Gasteiger partial charge in [-0.25, -0.2) is 0 Å². The van der Waals surface area contributed by atoms with Gasteiger partial charge in [0.2, 0.25) is 11.7 Å². The summed E-state index contributed by atoms with van der Waals surface area (Å²) in [4.78, 5) is 27.5. The summed E-state index contributed by atoms with van der Waals surface area (Å²) < 4.78 is 4.08. The Labute approximate surface area is 189 Å². The molecule has 0 bridgehead atoms. The van der Waals surface area contributed by atoms with Crippen LogP contribution in [0.25, 0.3) is 16.0 Å². The number of aromatic nitrogens is 4. The minimum Gasteiger partial charge on any atom is -0.353 e. The third-order valence-electron chi connectivity index (χ3n) is 6.17. The van der Waals surface area contributed by atoms with Gasteiger partial charge in [-0.05, 0) is 29.9 Å². The molecule has 1 aromatic carbocycles. The minimum atomic E-state index is -0.0715. The number of thiophene rings is 1. The molecule has 1 aliphatic rings.